The van der Waals surface area contributed by atoms with Crippen molar-refractivity contribution < 1.29 is 9.59 Å². The molecule has 0 spiro atoms. The predicted octanol–water partition coefficient (Wildman–Crippen LogP) is -0.143. The van der Waals surface area contributed by atoms with Gasteiger partial charge in [0.1, 0.15) is 0 Å². The van der Waals surface area contributed by atoms with Crippen molar-refractivity contribution in [1.82, 2.24) is 19.7 Å². The largest absolute Gasteiger partial charge is 0.344 e. The Bertz CT molecular complexity index is 458. The van der Waals surface area contributed by atoms with E-state index in [-0.39, 0.29) is 5.91 Å². The lowest BCUT2D eigenvalue weighted by Gasteiger charge is -2.32. The van der Waals surface area contributed by atoms with E-state index in [2.05, 4.69) is 9.88 Å². The van der Waals surface area contributed by atoms with Crippen molar-refractivity contribution in [3.8, 4) is 0 Å². The summed E-state index contributed by atoms with van der Waals surface area (Å²) in [7, 11) is 1.84. The van der Waals surface area contributed by atoms with Gasteiger partial charge in [-0.05, 0) is 24.1 Å². The third kappa shape index (κ3) is 4.82. The maximum atomic E-state index is 12.2. The van der Waals surface area contributed by atoms with E-state index in [0.717, 1.165) is 25.9 Å². The Morgan fingerprint density at radius 1 is 1.29 bits per heavy atom. The zero-order chi connectivity index (χ0) is 15.1. The standard InChI is InChI=1S/C15H22N4O2/c1-17(7-4-14-2-5-16-6-3-14)15(21)12-18-8-10-19(13-20)11-9-18/h2-3,5-6,13H,4,7-12H2,1H3. The first-order valence-corrected chi connectivity index (χ1v) is 7.23. The maximum Gasteiger partial charge on any atom is 0.236 e. The Labute approximate surface area is 125 Å². The van der Waals surface area contributed by atoms with Crippen LogP contribution in [0.5, 0.6) is 0 Å². The SMILES string of the molecule is CN(CCc1ccncc1)C(=O)CN1CCN(C=O)CC1. The Kier molecular flexibility index (Phi) is 5.68. The number of rotatable bonds is 6. The lowest BCUT2D eigenvalue weighted by Crippen LogP contribution is -2.49. The van der Waals surface area contributed by atoms with Crippen LogP contribution in [0.1, 0.15) is 5.56 Å². The average molecular weight is 290 g/mol. The number of amides is 2. The molecule has 114 valence electrons. The second-order valence-corrected chi connectivity index (χ2v) is 5.34. The predicted molar refractivity (Wildman–Crippen MR) is 79.7 cm³/mol. The number of piperazine rings is 1. The second kappa shape index (κ2) is 7.73. The Morgan fingerprint density at radius 2 is 1.95 bits per heavy atom. The van der Waals surface area contributed by atoms with Gasteiger partial charge in [0.05, 0.1) is 6.54 Å². The van der Waals surface area contributed by atoms with Crippen LogP contribution in [0.2, 0.25) is 0 Å². The van der Waals surface area contributed by atoms with E-state index in [4.69, 9.17) is 0 Å². The van der Waals surface area contributed by atoms with Crippen LogP contribution in [0.15, 0.2) is 24.5 Å². The van der Waals surface area contributed by atoms with Crippen LogP contribution in [-0.2, 0) is 16.0 Å². The first kappa shape index (κ1) is 15.4. The highest BCUT2D eigenvalue weighted by Crippen LogP contribution is 2.02. The Morgan fingerprint density at radius 3 is 2.57 bits per heavy atom. The van der Waals surface area contributed by atoms with Crippen molar-refractivity contribution in [2.45, 2.75) is 6.42 Å². The van der Waals surface area contributed by atoms with Gasteiger partial charge in [0.15, 0.2) is 0 Å². The van der Waals surface area contributed by atoms with Crippen LogP contribution >= 0.6 is 0 Å². The van der Waals surface area contributed by atoms with Crippen LogP contribution in [0.25, 0.3) is 0 Å². The van der Waals surface area contributed by atoms with Crippen LogP contribution in [0.3, 0.4) is 0 Å². The molecular formula is C15H22N4O2. The molecule has 2 heterocycles. The number of carbonyl (C=O) groups is 2. The molecule has 1 aromatic heterocycles. The zero-order valence-electron chi connectivity index (χ0n) is 12.4. The van der Waals surface area contributed by atoms with Crippen LogP contribution < -0.4 is 0 Å². The Hall–Kier alpha value is -1.95. The van der Waals surface area contributed by atoms with Gasteiger partial charge in [0.2, 0.25) is 12.3 Å². The molecule has 1 aliphatic rings. The molecule has 2 amide bonds. The highest BCUT2D eigenvalue weighted by molar-refractivity contribution is 5.78. The minimum atomic E-state index is 0.128. The molecule has 6 nitrogen and oxygen atoms in total. The molecule has 1 aromatic rings. The molecule has 0 unspecified atom stereocenters. The minimum Gasteiger partial charge on any atom is -0.344 e. The summed E-state index contributed by atoms with van der Waals surface area (Å²) in [5.41, 5.74) is 1.18. The summed E-state index contributed by atoms with van der Waals surface area (Å²) in [5.74, 6) is 0.128. The third-order valence-corrected chi connectivity index (χ3v) is 3.83. The quantitative estimate of drug-likeness (QED) is 0.684. The summed E-state index contributed by atoms with van der Waals surface area (Å²) in [6, 6.07) is 3.94. The third-order valence-electron chi connectivity index (χ3n) is 3.83. The topological polar surface area (TPSA) is 56.8 Å². The van der Waals surface area contributed by atoms with E-state index in [1.54, 1.807) is 22.2 Å². The Balaban J connectivity index is 1.71. The number of hydrogen-bond acceptors (Lipinski definition) is 4. The molecule has 0 radical (unpaired) electrons. The van der Waals surface area contributed by atoms with Crippen LogP contribution in [-0.4, -0.2) is 78.3 Å². The fraction of sp³-hybridized carbons (Fsp3) is 0.533. The highest BCUT2D eigenvalue weighted by Gasteiger charge is 2.19. The maximum absolute atomic E-state index is 12.2. The van der Waals surface area contributed by atoms with Crippen molar-refractivity contribution in [1.29, 1.82) is 0 Å². The summed E-state index contributed by atoms with van der Waals surface area (Å²) in [6.07, 6.45) is 5.25. The molecule has 0 bridgehead atoms. The molecular weight excluding hydrogens is 268 g/mol. The van der Waals surface area contributed by atoms with Gasteiger partial charge < -0.3 is 9.80 Å². The monoisotopic (exact) mass is 290 g/mol. The van der Waals surface area contributed by atoms with Gasteiger partial charge in [-0.25, -0.2) is 0 Å². The fourth-order valence-electron chi connectivity index (χ4n) is 2.31. The van der Waals surface area contributed by atoms with Crippen molar-refractivity contribution in [2.75, 3.05) is 46.3 Å². The minimum absolute atomic E-state index is 0.128. The van der Waals surface area contributed by atoms with Gasteiger partial charge in [-0.2, -0.15) is 0 Å². The lowest BCUT2D eigenvalue weighted by atomic mass is 10.2. The molecule has 1 saturated heterocycles. The van der Waals surface area contributed by atoms with E-state index in [0.29, 0.717) is 26.2 Å². The summed E-state index contributed by atoms with van der Waals surface area (Å²) >= 11 is 0. The highest BCUT2D eigenvalue weighted by atomic mass is 16.2. The first-order chi connectivity index (χ1) is 10.2. The van der Waals surface area contributed by atoms with E-state index < -0.39 is 0 Å². The van der Waals surface area contributed by atoms with Gasteiger partial charge in [-0.3, -0.25) is 19.5 Å². The molecule has 2 rings (SSSR count). The second-order valence-electron chi connectivity index (χ2n) is 5.34. The summed E-state index contributed by atoms with van der Waals surface area (Å²) < 4.78 is 0. The summed E-state index contributed by atoms with van der Waals surface area (Å²) in [6.45, 7) is 4.08. The van der Waals surface area contributed by atoms with Gasteiger partial charge in [-0.1, -0.05) is 0 Å². The number of carbonyl (C=O) groups excluding carboxylic acids is 2. The normalized spacial score (nSPS) is 15.8. The summed E-state index contributed by atoms with van der Waals surface area (Å²) in [4.78, 5) is 32.4. The van der Waals surface area contributed by atoms with Crippen molar-refractivity contribution in [2.24, 2.45) is 0 Å². The average Bonchev–Trinajstić information content (AvgIpc) is 2.54. The van der Waals surface area contributed by atoms with E-state index in [9.17, 15) is 9.59 Å². The van der Waals surface area contributed by atoms with Gasteiger partial charge in [0.25, 0.3) is 0 Å². The molecule has 1 fully saturated rings. The lowest BCUT2D eigenvalue weighted by molar-refractivity contribution is -0.131. The van der Waals surface area contributed by atoms with Crippen molar-refractivity contribution in [3.05, 3.63) is 30.1 Å². The van der Waals surface area contributed by atoms with Gasteiger partial charge in [0, 0.05) is 52.2 Å². The van der Waals surface area contributed by atoms with Gasteiger partial charge >= 0.3 is 0 Å². The van der Waals surface area contributed by atoms with Crippen LogP contribution in [0.4, 0.5) is 0 Å². The molecule has 1 aliphatic heterocycles. The van der Waals surface area contributed by atoms with Crippen molar-refractivity contribution in [3.63, 3.8) is 0 Å². The number of aromatic nitrogens is 1. The van der Waals surface area contributed by atoms with Crippen molar-refractivity contribution >= 4 is 12.3 Å². The van der Waals surface area contributed by atoms with E-state index in [1.165, 1.54) is 5.56 Å². The molecule has 0 aliphatic carbocycles. The van der Waals surface area contributed by atoms with Crippen LogP contribution in [0, 0.1) is 0 Å². The number of hydrogen-bond donors (Lipinski definition) is 0. The smallest absolute Gasteiger partial charge is 0.236 e. The zero-order valence-corrected chi connectivity index (χ0v) is 12.4. The number of nitrogens with zero attached hydrogens (tertiary/aromatic N) is 4. The fourth-order valence-corrected chi connectivity index (χ4v) is 2.31. The molecule has 0 N–H and O–H groups in total. The molecule has 0 saturated carbocycles. The molecule has 21 heavy (non-hydrogen) atoms. The first-order valence-electron chi connectivity index (χ1n) is 7.23. The van der Waals surface area contributed by atoms with E-state index in [1.807, 2.05) is 19.2 Å². The molecule has 6 heteroatoms. The number of pyridine rings is 1. The number of likely N-dealkylation sites (N-methyl/N-ethyl adjacent to an activating group) is 1. The summed E-state index contributed by atoms with van der Waals surface area (Å²) in [5, 5.41) is 0. The van der Waals surface area contributed by atoms with E-state index >= 15 is 0 Å². The van der Waals surface area contributed by atoms with Gasteiger partial charge in [-0.15, -0.1) is 0 Å². The molecule has 0 atom stereocenters. The molecule has 0 aromatic carbocycles.